The molecular formula is C22H26N2O4. The molecule has 0 aliphatic rings. The molecule has 0 unspecified atom stereocenters. The first kappa shape index (κ1) is 19.9. The van der Waals surface area contributed by atoms with Crippen molar-refractivity contribution in [2.24, 2.45) is 0 Å². The summed E-state index contributed by atoms with van der Waals surface area (Å²) in [6.07, 6.45) is 0. The average molecular weight is 382 g/mol. The molecule has 6 heteroatoms. The van der Waals surface area contributed by atoms with Gasteiger partial charge >= 0.3 is 0 Å². The average Bonchev–Trinajstić information content (AvgIpc) is 3.19. The van der Waals surface area contributed by atoms with Crippen molar-refractivity contribution in [2.45, 2.75) is 6.61 Å². The second-order valence-electron chi connectivity index (χ2n) is 6.62. The molecule has 0 saturated heterocycles. The Morgan fingerprint density at radius 3 is 2.71 bits per heavy atom. The van der Waals surface area contributed by atoms with Gasteiger partial charge in [0.25, 0.3) is 5.91 Å². The van der Waals surface area contributed by atoms with Gasteiger partial charge in [0.05, 0.1) is 6.61 Å². The summed E-state index contributed by atoms with van der Waals surface area (Å²) in [5, 5.41) is 5.14. The number of ether oxygens (including phenoxy) is 2. The van der Waals surface area contributed by atoms with Crippen LogP contribution in [0.1, 0.15) is 16.3 Å². The van der Waals surface area contributed by atoms with Crippen LogP contribution in [-0.2, 0) is 11.3 Å². The first-order valence-corrected chi connectivity index (χ1v) is 9.31. The lowest BCUT2D eigenvalue weighted by atomic mass is 10.1. The maximum absolute atomic E-state index is 12.2. The third-order valence-electron chi connectivity index (χ3n) is 4.44. The molecule has 1 aromatic heterocycles. The van der Waals surface area contributed by atoms with E-state index in [2.05, 4.69) is 16.3 Å². The van der Waals surface area contributed by atoms with E-state index in [1.807, 2.05) is 43.4 Å². The number of amides is 1. The topological polar surface area (TPSA) is 63.9 Å². The van der Waals surface area contributed by atoms with E-state index < -0.39 is 0 Å². The van der Waals surface area contributed by atoms with Gasteiger partial charge in [-0.15, -0.1) is 0 Å². The molecule has 28 heavy (non-hydrogen) atoms. The van der Waals surface area contributed by atoms with Crippen LogP contribution in [0.15, 0.2) is 59.0 Å². The number of carbonyl (C=O) groups excluding carboxylic acids is 1. The lowest BCUT2D eigenvalue weighted by Crippen LogP contribution is -2.34. The van der Waals surface area contributed by atoms with E-state index in [0.29, 0.717) is 18.9 Å². The van der Waals surface area contributed by atoms with E-state index in [1.165, 1.54) is 5.39 Å². The molecule has 0 atom stereocenters. The van der Waals surface area contributed by atoms with Crippen molar-refractivity contribution in [2.75, 3.05) is 40.4 Å². The molecule has 3 aromatic rings. The standard InChI is InChI=1S/C22H26N2O4/c1-24(13-14-26-2)12-11-23-22(25)21-10-9-20(28-21)16-27-19-8-7-17-5-3-4-6-18(17)15-19/h3-10,15H,11-14,16H2,1-2H3,(H,23,25). The minimum absolute atomic E-state index is 0.225. The van der Waals surface area contributed by atoms with E-state index >= 15 is 0 Å². The Morgan fingerprint density at radius 2 is 1.89 bits per heavy atom. The van der Waals surface area contributed by atoms with Crippen LogP contribution in [0.4, 0.5) is 0 Å². The van der Waals surface area contributed by atoms with Crippen molar-refractivity contribution in [3.63, 3.8) is 0 Å². The zero-order valence-corrected chi connectivity index (χ0v) is 16.3. The molecule has 3 rings (SSSR count). The molecule has 0 aliphatic heterocycles. The van der Waals surface area contributed by atoms with E-state index in [0.717, 1.165) is 24.2 Å². The van der Waals surface area contributed by atoms with E-state index in [9.17, 15) is 4.79 Å². The first-order valence-electron chi connectivity index (χ1n) is 9.31. The van der Waals surface area contributed by atoms with Crippen molar-refractivity contribution in [3.05, 3.63) is 66.1 Å². The highest BCUT2D eigenvalue weighted by atomic mass is 16.5. The number of nitrogens with zero attached hydrogens (tertiary/aromatic N) is 1. The summed E-state index contributed by atoms with van der Waals surface area (Å²) in [7, 11) is 3.66. The molecule has 0 bridgehead atoms. The van der Waals surface area contributed by atoms with E-state index in [4.69, 9.17) is 13.9 Å². The number of rotatable bonds is 10. The summed E-state index contributed by atoms with van der Waals surface area (Å²) < 4.78 is 16.4. The zero-order valence-electron chi connectivity index (χ0n) is 16.3. The summed E-state index contributed by atoms with van der Waals surface area (Å²) in [4.78, 5) is 14.3. The monoisotopic (exact) mass is 382 g/mol. The van der Waals surface area contributed by atoms with Crippen LogP contribution in [0.5, 0.6) is 5.75 Å². The summed E-state index contributed by atoms with van der Waals surface area (Å²) in [6.45, 7) is 3.05. The van der Waals surface area contributed by atoms with E-state index in [-0.39, 0.29) is 18.3 Å². The minimum atomic E-state index is -0.225. The number of carbonyl (C=O) groups is 1. The molecular weight excluding hydrogens is 356 g/mol. The Morgan fingerprint density at radius 1 is 1.07 bits per heavy atom. The fraction of sp³-hybridized carbons (Fsp3) is 0.318. The van der Waals surface area contributed by atoms with Crippen LogP contribution < -0.4 is 10.1 Å². The Bertz CT molecular complexity index is 906. The van der Waals surface area contributed by atoms with Crippen LogP contribution in [0.25, 0.3) is 10.8 Å². The number of nitrogens with one attached hydrogen (secondary N) is 1. The lowest BCUT2D eigenvalue weighted by molar-refractivity contribution is 0.0916. The summed E-state index contributed by atoms with van der Waals surface area (Å²) in [5.41, 5.74) is 0. The molecule has 0 radical (unpaired) electrons. The molecule has 148 valence electrons. The van der Waals surface area contributed by atoms with Gasteiger partial charge in [-0.05, 0) is 42.1 Å². The number of likely N-dealkylation sites (N-methyl/N-ethyl adjacent to an activating group) is 1. The van der Waals surface area contributed by atoms with Crippen molar-refractivity contribution in [1.82, 2.24) is 10.2 Å². The van der Waals surface area contributed by atoms with Crippen LogP contribution in [-0.4, -0.2) is 51.2 Å². The second-order valence-corrected chi connectivity index (χ2v) is 6.62. The molecule has 6 nitrogen and oxygen atoms in total. The van der Waals surface area contributed by atoms with Gasteiger partial charge in [-0.25, -0.2) is 0 Å². The third-order valence-corrected chi connectivity index (χ3v) is 4.44. The van der Waals surface area contributed by atoms with Crippen LogP contribution in [0, 0.1) is 0 Å². The van der Waals surface area contributed by atoms with Gasteiger partial charge in [-0.2, -0.15) is 0 Å². The van der Waals surface area contributed by atoms with Gasteiger partial charge in [-0.1, -0.05) is 30.3 Å². The SMILES string of the molecule is COCCN(C)CCNC(=O)c1ccc(COc2ccc3ccccc3c2)o1. The molecule has 0 aliphatic carbocycles. The molecule has 0 saturated carbocycles. The number of furan rings is 1. The van der Waals surface area contributed by atoms with Crippen molar-refractivity contribution < 1.29 is 18.7 Å². The number of fused-ring (bicyclic) bond motifs is 1. The second kappa shape index (κ2) is 9.92. The Hall–Kier alpha value is -2.83. The Balaban J connectivity index is 1.47. The Labute approximate surface area is 165 Å². The molecule has 1 N–H and O–H groups in total. The number of methoxy groups -OCH3 is 1. The molecule has 1 heterocycles. The highest BCUT2D eigenvalue weighted by Crippen LogP contribution is 2.21. The fourth-order valence-electron chi connectivity index (χ4n) is 2.80. The van der Waals surface area contributed by atoms with Gasteiger partial charge in [-0.3, -0.25) is 4.79 Å². The summed E-state index contributed by atoms with van der Waals surface area (Å²) in [5.74, 6) is 1.43. The predicted molar refractivity (Wildman–Crippen MR) is 109 cm³/mol. The summed E-state index contributed by atoms with van der Waals surface area (Å²) >= 11 is 0. The smallest absolute Gasteiger partial charge is 0.287 e. The highest BCUT2D eigenvalue weighted by molar-refractivity contribution is 5.91. The van der Waals surface area contributed by atoms with E-state index in [1.54, 1.807) is 19.2 Å². The largest absolute Gasteiger partial charge is 0.486 e. The number of benzene rings is 2. The Kier molecular flexibility index (Phi) is 7.06. The quantitative estimate of drug-likeness (QED) is 0.583. The van der Waals surface area contributed by atoms with Gasteiger partial charge in [0.15, 0.2) is 5.76 Å². The zero-order chi connectivity index (χ0) is 19.8. The molecule has 1 amide bonds. The van der Waals surface area contributed by atoms with Crippen LogP contribution >= 0.6 is 0 Å². The summed E-state index contributed by atoms with van der Waals surface area (Å²) in [6, 6.07) is 17.5. The minimum Gasteiger partial charge on any atom is -0.486 e. The normalized spacial score (nSPS) is 11.1. The van der Waals surface area contributed by atoms with Crippen LogP contribution in [0.3, 0.4) is 0 Å². The first-order chi connectivity index (χ1) is 13.7. The third kappa shape index (κ3) is 5.58. The lowest BCUT2D eigenvalue weighted by Gasteiger charge is -2.15. The molecule has 0 fully saturated rings. The van der Waals surface area contributed by atoms with Crippen LogP contribution in [0.2, 0.25) is 0 Å². The predicted octanol–water partition coefficient (Wildman–Crippen LogP) is 3.32. The maximum atomic E-state index is 12.2. The fourth-order valence-corrected chi connectivity index (χ4v) is 2.80. The van der Waals surface area contributed by atoms with Gasteiger partial charge in [0.1, 0.15) is 18.1 Å². The van der Waals surface area contributed by atoms with Crippen molar-refractivity contribution in [1.29, 1.82) is 0 Å². The number of hydrogen-bond donors (Lipinski definition) is 1. The van der Waals surface area contributed by atoms with Crippen molar-refractivity contribution >= 4 is 16.7 Å². The maximum Gasteiger partial charge on any atom is 0.287 e. The molecule has 0 spiro atoms. The van der Waals surface area contributed by atoms with Gasteiger partial charge in [0, 0.05) is 26.7 Å². The van der Waals surface area contributed by atoms with Crippen molar-refractivity contribution in [3.8, 4) is 5.75 Å². The molecule has 2 aromatic carbocycles. The number of hydrogen-bond acceptors (Lipinski definition) is 5. The highest BCUT2D eigenvalue weighted by Gasteiger charge is 2.11. The van der Waals surface area contributed by atoms with Gasteiger partial charge in [0.2, 0.25) is 0 Å². The van der Waals surface area contributed by atoms with Gasteiger partial charge < -0.3 is 24.1 Å².